The number of benzene rings is 1. The van der Waals surface area contributed by atoms with Crippen LogP contribution in [0.15, 0.2) is 12.1 Å². The van der Waals surface area contributed by atoms with E-state index in [2.05, 4.69) is 16.0 Å². The van der Waals surface area contributed by atoms with E-state index in [1.165, 1.54) is 6.92 Å². The van der Waals surface area contributed by atoms with Crippen molar-refractivity contribution in [2.24, 2.45) is 0 Å². The van der Waals surface area contributed by atoms with Crippen LogP contribution in [-0.2, 0) is 22.7 Å². The molecule has 0 radical (unpaired) electrons. The summed E-state index contributed by atoms with van der Waals surface area (Å²) in [5.74, 6) is 0.00539. The van der Waals surface area contributed by atoms with E-state index in [-0.39, 0.29) is 24.2 Å². The van der Waals surface area contributed by atoms with Gasteiger partial charge >= 0.3 is 0 Å². The molecule has 22 heavy (non-hydrogen) atoms. The zero-order valence-corrected chi connectivity index (χ0v) is 14.0. The average molecular weight is 348 g/mol. The van der Waals surface area contributed by atoms with Crippen LogP contribution in [0.5, 0.6) is 5.75 Å². The standard InChI is InChI=1S/C14H19Cl2N3O3/c1-9(20)19-12-4-13(22-2)11(6-17-8-16)3-10(12)7-18-14(21)5-15/h3-4,17H,5-8H2,1-2H3,(H,18,21)(H,19,20). The second-order valence-electron chi connectivity index (χ2n) is 4.47. The number of anilines is 1. The molecule has 0 fully saturated rings. The van der Waals surface area contributed by atoms with Crippen molar-refractivity contribution in [1.29, 1.82) is 0 Å². The smallest absolute Gasteiger partial charge is 0.235 e. The fraction of sp³-hybridized carbons (Fsp3) is 0.429. The third-order valence-corrected chi connectivity index (χ3v) is 3.26. The van der Waals surface area contributed by atoms with Crippen molar-refractivity contribution in [2.45, 2.75) is 20.0 Å². The fourth-order valence-electron chi connectivity index (χ4n) is 1.88. The van der Waals surface area contributed by atoms with E-state index in [1.54, 1.807) is 13.2 Å². The van der Waals surface area contributed by atoms with Gasteiger partial charge in [0.25, 0.3) is 0 Å². The van der Waals surface area contributed by atoms with Gasteiger partial charge in [-0.05, 0) is 11.6 Å². The largest absolute Gasteiger partial charge is 0.496 e. The van der Waals surface area contributed by atoms with E-state index in [1.807, 2.05) is 6.07 Å². The van der Waals surface area contributed by atoms with Crippen molar-refractivity contribution in [3.05, 3.63) is 23.3 Å². The number of nitrogens with one attached hydrogen (secondary N) is 3. The quantitative estimate of drug-likeness (QED) is 0.494. The van der Waals surface area contributed by atoms with Gasteiger partial charge in [0.15, 0.2) is 0 Å². The minimum absolute atomic E-state index is 0.119. The van der Waals surface area contributed by atoms with Gasteiger partial charge in [-0.15, -0.1) is 23.2 Å². The van der Waals surface area contributed by atoms with Gasteiger partial charge in [-0.25, -0.2) is 0 Å². The summed E-state index contributed by atoms with van der Waals surface area (Å²) < 4.78 is 5.32. The molecule has 0 aliphatic heterocycles. The van der Waals surface area contributed by atoms with E-state index >= 15 is 0 Å². The molecule has 1 aromatic carbocycles. The van der Waals surface area contributed by atoms with Crippen LogP contribution in [0.3, 0.4) is 0 Å². The Hall–Kier alpha value is -1.50. The Bertz CT molecular complexity index is 538. The van der Waals surface area contributed by atoms with Crippen molar-refractivity contribution in [2.75, 3.05) is 24.3 Å². The number of hydrogen-bond acceptors (Lipinski definition) is 4. The number of halogens is 2. The highest BCUT2D eigenvalue weighted by molar-refractivity contribution is 6.27. The maximum Gasteiger partial charge on any atom is 0.235 e. The molecule has 3 N–H and O–H groups in total. The lowest BCUT2D eigenvalue weighted by atomic mass is 10.1. The number of amides is 2. The topological polar surface area (TPSA) is 79.5 Å². The van der Waals surface area contributed by atoms with Gasteiger partial charge in [0.2, 0.25) is 11.8 Å². The van der Waals surface area contributed by atoms with Gasteiger partial charge in [-0.2, -0.15) is 0 Å². The van der Waals surface area contributed by atoms with E-state index in [0.717, 1.165) is 11.1 Å². The molecule has 1 rings (SSSR count). The molecule has 0 atom stereocenters. The fourth-order valence-corrected chi connectivity index (χ4v) is 2.07. The highest BCUT2D eigenvalue weighted by Crippen LogP contribution is 2.27. The third-order valence-electron chi connectivity index (χ3n) is 2.82. The van der Waals surface area contributed by atoms with E-state index in [9.17, 15) is 9.59 Å². The molecule has 0 unspecified atom stereocenters. The number of carbonyl (C=O) groups excluding carboxylic acids is 2. The average Bonchev–Trinajstić information content (AvgIpc) is 2.50. The Morgan fingerprint density at radius 1 is 1.18 bits per heavy atom. The normalized spacial score (nSPS) is 10.2. The molecule has 0 aromatic heterocycles. The molecule has 0 saturated carbocycles. The van der Waals surface area contributed by atoms with Gasteiger partial charge in [-0.1, -0.05) is 0 Å². The maximum absolute atomic E-state index is 11.3. The van der Waals surface area contributed by atoms with Crippen LogP contribution in [0.2, 0.25) is 0 Å². The Morgan fingerprint density at radius 2 is 1.91 bits per heavy atom. The SMILES string of the molecule is COc1cc(NC(C)=O)c(CNC(=O)CCl)cc1CNCCl. The molecule has 0 heterocycles. The van der Waals surface area contributed by atoms with Crippen molar-refractivity contribution in [3.63, 3.8) is 0 Å². The Labute approximate surface area is 139 Å². The van der Waals surface area contributed by atoms with Crippen LogP contribution >= 0.6 is 23.2 Å². The molecule has 0 spiro atoms. The number of rotatable bonds is 8. The summed E-state index contributed by atoms with van der Waals surface area (Å²) >= 11 is 11.1. The summed E-state index contributed by atoms with van der Waals surface area (Å²) in [5.41, 5.74) is 2.20. The van der Waals surface area contributed by atoms with Crippen LogP contribution in [0, 0.1) is 0 Å². The van der Waals surface area contributed by atoms with Crippen LogP contribution in [0.4, 0.5) is 5.69 Å². The van der Waals surface area contributed by atoms with Crippen LogP contribution in [-0.4, -0.2) is 30.8 Å². The van der Waals surface area contributed by atoms with Crippen molar-refractivity contribution >= 4 is 40.7 Å². The monoisotopic (exact) mass is 347 g/mol. The highest BCUT2D eigenvalue weighted by Gasteiger charge is 2.12. The molecule has 0 bridgehead atoms. The molecule has 122 valence electrons. The second-order valence-corrected chi connectivity index (χ2v) is 5.01. The molecule has 0 saturated heterocycles. The Morgan fingerprint density at radius 3 is 2.45 bits per heavy atom. The Balaban J connectivity index is 3.10. The molecular formula is C14H19Cl2N3O3. The first-order valence-corrected chi connectivity index (χ1v) is 7.65. The summed E-state index contributed by atoms with van der Waals surface area (Å²) in [6.07, 6.45) is 0. The van der Waals surface area contributed by atoms with Gasteiger partial charge < -0.3 is 15.4 Å². The predicted octanol–water partition coefficient (Wildman–Crippen LogP) is 1.79. The van der Waals surface area contributed by atoms with Gasteiger partial charge in [0, 0.05) is 37.3 Å². The molecule has 8 heteroatoms. The molecular weight excluding hydrogens is 329 g/mol. The van der Waals surface area contributed by atoms with Crippen LogP contribution in [0.25, 0.3) is 0 Å². The van der Waals surface area contributed by atoms with E-state index in [0.29, 0.717) is 24.0 Å². The van der Waals surface area contributed by atoms with Gasteiger partial charge in [0.1, 0.15) is 11.6 Å². The minimum Gasteiger partial charge on any atom is -0.496 e. The maximum atomic E-state index is 11.3. The lowest BCUT2D eigenvalue weighted by Crippen LogP contribution is -2.25. The lowest BCUT2D eigenvalue weighted by Gasteiger charge is -2.16. The van der Waals surface area contributed by atoms with E-state index < -0.39 is 0 Å². The summed E-state index contributed by atoms with van der Waals surface area (Å²) in [6, 6.07) is 3.86. The molecule has 1 aromatic rings. The summed E-state index contributed by atoms with van der Waals surface area (Å²) in [5, 5.41) is 8.39. The third kappa shape index (κ3) is 5.71. The molecule has 0 aliphatic rings. The molecule has 0 aliphatic carbocycles. The number of carbonyl (C=O) groups is 2. The highest BCUT2D eigenvalue weighted by atomic mass is 35.5. The first-order chi connectivity index (χ1) is 10.5. The molecule has 6 nitrogen and oxygen atoms in total. The lowest BCUT2D eigenvalue weighted by molar-refractivity contribution is -0.118. The first-order valence-electron chi connectivity index (χ1n) is 6.58. The van der Waals surface area contributed by atoms with E-state index in [4.69, 9.17) is 27.9 Å². The van der Waals surface area contributed by atoms with Crippen molar-refractivity contribution in [3.8, 4) is 5.75 Å². The van der Waals surface area contributed by atoms with Crippen LogP contribution < -0.4 is 20.7 Å². The summed E-state index contributed by atoms with van der Waals surface area (Å²) in [7, 11) is 1.55. The summed E-state index contributed by atoms with van der Waals surface area (Å²) in [6.45, 7) is 2.17. The number of alkyl halides is 2. The van der Waals surface area contributed by atoms with Crippen molar-refractivity contribution in [1.82, 2.24) is 10.6 Å². The molecule has 2 amide bonds. The summed E-state index contributed by atoms with van der Waals surface area (Å²) in [4.78, 5) is 22.6. The van der Waals surface area contributed by atoms with Gasteiger partial charge in [0.05, 0.1) is 13.1 Å². The zero-order valence-electron chi connectivity index (χ0n) is 12.5. The zero-order chi connectivity index (χ0) is 16.5. The number of hydrogen-bond donors (Lipinski definition) is 3. The van der Waals surface area contributed by atoms with Gasteiger partial charge in [-0.3, -0.25) is 14.9 Å². The Kier molecular flexibility index (Phi) is 8.01. The number of ether oxygens (including phenoxy) is 1. The first kappa shape index (κ1) is 18.5. The van der Waals surface area contributed by atoms with Crippen LogP contribution in [0.1, 0.15) is 18.1 Å². The second kappa shape index (κ2) is 9.50. The van der Waals surface area contributed by atoms with Crippen molar-refractivity contribution < 1.29 is 14.3 Å². The number of methoxy groups -OCH3 is 1. The minimum atomic E-state index is -0.285. The predicted molar refractivity (Wildman–Crippen MR) is 87.4 cm³/mol.